The summed E-state index contributed by atoms with van der Waals surface area (Å²) in [7, 11) is 0. The highest BCUT2D eigenvalue weighted by molar-refractivity contribution is 5.80. The molecule has 0 aliphatic carbocycles. The summed E-state index contributed by atoms with van der Waals surface area (Å²) in [6.07, 6.45) is 1.27. The number of benzene rings is 1. The Labute approximate surface area is 81.8 Å². The summed E-state index contributed by atoms with van der Waals surface area (Å²) >= 11 is 0. The lowest BCUT2D eigenvalue weighted by atomic mass is 10.2. The SMILES string of the molecule is O=C1OCCN1/N=C/c1ccccc1. The van der Waals surface area contributed by atoms with Crippen molar-refractivity contribution in [2.24, 2.45) is 5.10 Å². The Morgan fingerprint density at radius 3 is 2.79 bits per heavy atom. The van der Waals surface area contributed by atoms with Crippen molar-refractivity contribution in [2.75, 3.05) is 13.2 Å². The van der Waals surface area contributed by atoms with E-state index in [0.29, 0.717) is 13.2 Å². The molecule has 1 saturated heterocycles. The largest absolute Gasteiger partial charge is 0.446 e. The van der Waals surface area contributed by atoms with Crippen molar-refractivity contribution in [1.29, 1.82) is 0 Å². The predicted molar refractivity (Wildman–Crippen MR) is 52.1 cm³/mol. The van der Waals surface area contributed by atoms with Gasteiger partial charge in [-0.15, -0.1) is 0 Å². The third-order valence-electron chi connectivity index (χ3n) is 1.89. The van der Waals surface area contributed by atoms with Gasteiger partial charge in [-0.3, -0.25) is 0 Å². The predicted octanol–water partition coefficient (Wildman–Crippen LogP) is 1.47. The molecule has 1 aliphatic heterocycles. The van der Waals surface area contributed by atoms with Crippen molar-refractivity contribution >= 4 is 12.3 Å². The van der Waals surface area contributed by atoms with Crippen LogP contribution in [0.1, 0.15) is 5.56 Å². The lowest BCUT2D eigenvalue weighted by Gasteiger charge is -2.02. The van der Waals surface area contributed by atoms with Crippen LogP contribution in [0.2, 0.25) is 0 Å². The van der Waals surface area contributed by atoms with Gasteiger partial charge in [0.25, 0.3) is 0 Å². The minimum Gasteiger partial charge on any atom is -0.446 e. The second-order valence-electron chi connectivity index (χ2n) is 2.89. The number of rotatable bonds is 2. The first-order chi connectivity index (χ1) is 6.86. The molecule has 0 bridgehead atoms. The molecule has 1 aliphatic rings. The first-order valence-electron chi connectivity index (χ1n) is 4.39. The summed E-state index contributed by atoms with van der Waals surface area (Å²) in [5, 5.41) is 5.32. The van der Waals surface area contributed by atoms with E-state index in [1.807, 2.05) is 30.3 Å². The number of hydrogen-bond donors (Lipinski definition) is 0. The average molecular weight is 190 g/mol. The second-order valence-corrected chi connectivity index (χ2v) is 2.89. The van der Waals surface area contributed by atoms with E-state index < -0.39 is 0 Å². The summed E-state index contributed by atoms with van der Waals surface area (Å²) in [6.45, 7) is 0.952. The van der Waals surface area contributed by atoms with Crippen molar-refractivity contribution in [1.82, 2.24) is 5.01 Å². The Morgan fingerprint density at radius 1 is 1.36 bits per heavy atom. The van der Waals surface area contributed by atoms with Gasteiger partial charge in [-0.2, -0.15) is 10.1 Å². The van der Waals surface area contributed by atoms with Crippen LogP contribution in [0.5, 0.6) is 0 Å². The van der Waals surface area contributed by atoms with Gasteiger partial charge in [-0.05, 0) is 5.56 Å². The number of ether oxygens (including phenoxy) is 1. The smallest absolute Gasteiger partial charge is 0.430 e. The van der Waals surface area contributed by atoms with Gasteiger partial charge in [0.05, 0.1) is 12.8 Å². The Hall–Kier alpha value is -1.84. The van der Waals surface area contributed by atoms with E-state index in [1.54, 1.807) is 6.21 Å². The van der Waals surface area contributed by atoms with Gasteiger partial charge in [0.2, 0.25) is 0 Å². The van der Waals surface area contributed by atoms with Crippen molar-refractivity contribution in [3.63, 3.8) is 0 Å². The van der Waals surface area contributed by atoms with Crippen LogP contribution in [-0.4, -0.2) is 30.5 Å². The summed E-state index contributed by atoms with van der Waals surface area (Å²) in [6, 6.07) is 9.62. The molecule has 1 aromatic rings. The standard InChI is InChI=1S/C10H10N2O2/c13-10-12(6-7-14-10)11-8-9-4-2-1-3-5-9/h1-5,8H,6-7H2/b11-8+. The number of nitrogens with zero attached hydrogens (tertiary/aromatic N) is 2. The van der Waals surface area contributed by atoms with Crippen LogP contribution in [0.4, 0.5) is 4.79 Å². The van der Waals surface area contributed by atoms with Crippen LogP contribution >= 0.6 is 0 Å². The zero-order valence-electron chi connectivity index (χ0n) is 7.59. The zero-order chi connectivity index (χ0) is 9.80. The molecule has 4 nitrogen and oxygen atoms in total. The van der Waals surface area contributed by atoms with Crippen molar-refractivity contribution in [3.8, 4) is 0 Å². The molecule has 0 aromatic heterocycles. The zero-order valence-corrected chi connectivity index (χ0v) is 7.59. The van der Waals surface area contributed by atoms with Crippen LogP contribution in [0.15, 0.2) is 35.4 Å². The topological polar surface area (TPSA) is 41.9 Å². The highest BCUT2D eigenvalue weighted by atomic mass is 16.6. The number of amides is 1. The second kappa shape index (κ2) is 3.91. The molecule has 1 amide bonds. The summed E-state index contributed by atoms with van der Waals surface area (Å²) < 4.78 is 4.73. The molecule has 0 spiro atoms. The molecule has 72 valence electrons. The van der Waals surface area contributed by atoms with Gasteiger partial charge in [-0.1, -0.05) is 30.3 Å². The van der Waals surface area contributed by atoms with Gasteiger partial charge >= 0.3 is 6.09 Å². The lowest BCUT2D eigenvalue weighted by Crippen LogP contribution is -2.17. The van der Waals surface area contributed by atoms with Gasteiger partial charge in [0, 0.05) is 0 Å². The first-order valence-corrected chi connectivity index (χ1v) is 4.39. The molecular weight excluding hydrogens is 180 g/mol. The van der Waals surface area contributed by atoms with Crippen LogP contribution in [-0.2, 0) is 4.74 Å². The normalized spacial score (nSPS) is 16.3. The quantitative estimate of drug-likeness (QED) is 0.663. The summed E-state index contributed by atoms with van der Waals surface area (Å²) in [4.78, 5) is 11.0. The van der Waals surface area contributed by atoms with Crippen molar-refractivity contribution < 1.29 is 9.53 Å². The maximum atomic E-state index is 11.0. The van der Waals surface area contributed by atoms with E-state index in [0.717, 1.165) is 5.56 Å². The average Bonchev–Trinajstić information content (AvgIpc) is 2.63. The Kier molecular flexibility index (Phi) is 2.44. The minimum atomic E-state index is -0.378. The third kappa shape index (κ3) is 1.90. The fraction of sp³-hybridized carbons (Fsp3) is 0.200. The van der Waals surface area contributed by atoms with E-state index in [-0.39, 0.29) is 6.09 Å². The molecule has 0 saturated carbocycles. The highest BCUT2D eigenvalue weighted by Gasteiger charge is 2.20. The molecule has 1 aromatic carbocycles. The molecule has 1 fully saturated rings. The lowest BCUT2D eigenvalue weighted by molar-refractivity contribution is 0.159. The Morgan fingerprint density at radius 2 is 2.14 bits per heavy atom. The molecular formula is C10H10N2O2. The number of carbonyl (C=O) groups excluding carboxylic acids is 1. The minimum absolute atomic E-state index is 0.378. The monoisotopic (exact) mass is 190 g/mol. The van der Waals surface area contributed by atoms with Crippen molar-refractivity contribution in [2.45, 2.75) is 0 Å². The molecule has 4 heteroatoms. The number of cyclic esters (lactones) is 1. The summed E-state index contributed by atoms with van der Waals surface area (Å²) in [5.74, 6) is 0. The van der Waals surface area contributed by atoms with Gasteiger partial charge in [0.1, 0.15) is 6.61 Å². The van der Waals surface area contributed by atoms with Crippen LogP contribution in [0.3, 0.4) is 0 Å². The maximum Gasteiger partial charge on any atom is 0.430 e. The summed E-state index contributed by atoms with van der Waals surface area (Å²) in [5.41, 5.74) is 0.965. The van der Waals surface area contributed by atoms with E-state index in [2.05, 4.69) is 5.10 Å². The van der Waals surface area contributed by atoms with E-state index >= 15 is 0 Å². The fourth-order valence-corrected chi connectivity index (χ4v) is 1.17. The van der Waals surface area contributed by atoms with Crippen LogP contribution < -0.4 is 0 Å². The Balaban J connectivity index is 2.03. The Bertz CT molecular complexity index is 348. The molecule has 0 unspecified atom stereocenters. The van der Waals surface area contributed by atoms with E-state index in [9.17, 15) is 4.79 Å². The van der Waals surface area contributed by atoms with Gasteiger partial charge in [0.15, 0.2) is 0 Å². The maximum absolute atomic E-state index is 11.0. The number of carbonyl (C=O) groups is 1. The fourth-order valence-electron chi connectivity index (χ4n) is 1.17. The molecule has 14 heavy (non-hydrogen) atoms. The number of hydrazone groups is 1. The first kappa shape index (κ1) is 8.74. The third-order valence-corrected chi connectivity index (χ3v) is 1.89. The molecule has 0 N–H and O–H groups in total. The van der Waals surface area contributed by atoms with Gasteiger partial charge in [-0.25, -0.2) is 4.79 Å². The molecule has 2 rings (SSSR count). The molecule has 0 atom stereocenters. The van der Waals surface area contributed by atoms with Crippen LogP contribution in [0, 0.1) is 0 Å². The van der Waals surface area contributed by atoms with Gasteiger partial charge < -0.3 is 4.74 Å². The van der Waals surface area contributed by atoms with E-state index in [1.165, 1.54) is 5.01 Å². The van der Waals surface area contributed by atoms with Crippen LogP contribution in [0.25, 0.3) is 0 Å². The molecule has 0 radical (unpaired) electrons. The highest BCUT2D eigenvalue weighted by Crippen LogP contribution is 2.03. The number of hydrogen-bond acceptors (Lipinski definition) is 3. The van der Waals surface area contributed by atoms with Crippen molar-refractivity contribution in [3.05, 3.63) is 35.9 Å². The molecule has 1 heterocycles. The van der Waals surface area contributed by atoms with E-state index in [4.69, 9.17) is 4.74 Å².